The molecule has 3 nitrogen and oxygen atoms in total. The monoisotopic (exact) mass is 446 g/mol. The Morgan fingerprint density at radius 1 is 1.21 bits per heavy atom. The molecule has 0 amide bonds. The number of nitrogens with one attached hydrogen (secondary N) is 1. The molecule has 28 heavy (non-hydrogen) atoms. The molecule has 1 saturated heterocycles. The fourth-order valence-corrected chi connectivity index (χ4v) is 4.33. The number of likely N-dealkylation sites (tertiary alicyclic amines) is 1. The lowest BCUT2D eigenvalue weighted by Crippen LogP contribution is -2.65. The Labute approximate surface area is 169 Å². The van der Waals surface area contributed by atoms with Gasteiger partial charge in [-0.1, -0.05) is 24.6 Å². The standard InChI is InChI=1S/C18H24ClF5N2OS/c1-10(18(22,23)24)26-8-17(5,9-26)15(25-28(27)16(2,3)4)11-6-7-12(20)13(19)14(11)21/h6-7,10,15,25H,8-9H2,1-5H3. The number of hydrogen-bond acceptors (Lipinski definition) is 2. The zero-order chi connectivity index (χ0) is 21.7. The molecule has 1 aliphatic rings. The second kappa shape index (κ2) is 7.81. The van der Waals surface area contributed by atoms with Gasteiger partial charge in [-0.25, -0.2) is 17.7 Å². The summed E-state index contributed by atoms with van der Waals surface area (Å²) >= 11 is 5.69. The minimum absolute atomic E-state index is 0.00111. The van der Waals surface area contributed by atoms with E-state index in [2.05, 4.69) is 4.72 Å². The van der Waals surface area contributed by atoms with E-state index in [9.17, 15) is 26.2 Å². The third kappa shape index (κ3) is 4.68. The Balaban J connectivity index is 2.38. The average molecular weight is 447 g/mol. The Bertz CT molecular complexity index is 760. The van der Waals surface area contributed by atoms with Crippen molar-refractivity contribution in [3.05, 3.63) is 34.4 Å². The molecular formula is C18H24ClF5N2OS. The first kappa shape index (κ1) is 23.5. The Morgan fingerprint density at radius 2 is 1.75 bits per heavy atom. The van der Waals surface area contributed by atoms with Crippen LogP contribution < -0.4 is 4.72 Å². The largest absolute Gasteiger partial charge is 0.403 e. The molecule has 1 heterocycles. The summed E-state index contributed by atoms with van der Waals surface area (Å²) in [6.45, 7) is 7.88. The topological polar surface area (TPSA) is 32.3 Å². The maximum atomic E-state index is 14.7. The number of hydrogen-bond donors (Lipinski definition) is 1. The van der Waals surface area contributed by atoms with Gasteiger partial charge in [-0.15, -0.1) is 0 Å². The number of rotatable bonds is 5. The zero-order valence-corrected chi connectivity index (χ0v) is 17.8. The molecule has 160 valence electrons. The summed E-state index contributed by atoms with van der Waals surface area (Å²) in [6.07, 6.45) is -4.39. The van der Waals surface area contributed by atoms with Crippen molar-refractivity contribution in [3.8, 4) is 0 Å². The maximum absolute atomic E-state index is 14.7. The lowest BCUT2D eigenvalue weighted by molar-refractivity contribution is -0.205. The molecule has 1 aromatic carbocycles. The van der Waals surface area contributed by atoms with Crippen molar-refractivity contribution in [1.29, 1.82) is 0 Å². The summed E-state index contributed by atoms with van der Waals surface area (Å²) in [5, 5.41) is -0.700. The van der Waals surface area contributed by atoms with Gasteiger partial charge in [0.1, 0.15) is 22.7 Å². The van der Waals surface area contributed by atoms with Crippen LogP contribution in [0.3, 0.4) is 0 Å². The summed E-state index contributed by atoms with van der Waals surface area (Å²) in [7, 11) is -1.64. The summed E-state index contributed by atoms with van der Waals surface area (Å²) in [4.78, 5) is 1.22. The second-order valence-corrected chi connectivity index (χ2v) is 10.8. The van der Waals surface area contributed by atoms with Crippen molar-refractivity contribution in [1.82, 2.24) is 9.62 Å². The third-order valence-corrected chi connectivity index (χ3v) is 6.91. The molecule has 3 atom stereocenters. The van der Waals surface area contributed by atoms with Gasteiger partial charge in [0.2, 0.25) is 0 Å². The molecule has 3 unspecified atom stereocenters. The first-order valence-electron chi connectivity index (χ1n) is 8.70. The number of nitrogens with zero attached hydrogens (tertiary/aromatic N) is 1. The Morgan fingerprint density at radius 3 is 2.21 bits per heavy atom. The fraction of sp³-hybridized carbons (Fsp3) is 0.667. The normalized spacial score (nSPS) is 21.1. The van der Waals surface area contributed by atoms with Crippen molar-refractivity contribution >= 4 is 22.6 Å². The molecule has 0 aromatic heterocycles. The van der Waals surface area contributed by atoms with Crippen LogP contribution in [0, 0.1) is 17.0 Å². The first-order valence-corrected chi connectivity index (χ1v) is 10.2. The van der Waals surface area contributed by atoms with Gasteiger partial charge in [-0.05, 0) is 33.8 Å². The Kier molecular flexibility index (Phi) is 6.56. The van der Waals surface area contributed by atoms with Gasteiger partial charge < -0.3 is 0 Å². The van der Waals surface area contributed by atoms with Gasteiger partial charge >= 0.3 is 6.18 Å². The van der Waals surface area contributed by atoms with Gasteiger partial charge in [0.25, 0.3) is 0 Å². The smallest absolute Gasteiger partial charge is 0.291 e. The number of alkyl halides is 3. The molecule has 1 N–H and O–H groups in total. The highest BCUT2D eigenvalue weighted by atomic mass is 35.5. The molecule has 2 rings (SSSR count). The van der Waals surface area contributed by atoms with E-state index in [0.29, 0.717) is 0 Å². The highest BCUT2D eigenvalue weighted by molar-refractivity contribution is 7.84. The van der Waals surface area contributed by atoms with Gasteiger partial charge in [0.05, 0.1) is 21.8 Å². The van der Waals surface area contributed by atoms with Crippen LogP contribution in [0.15, 0.2) is 12.1 Å². The molecule has 0 aliphatic carbocycles. The molecule has 1 aliphatic heterocycles. The van der Waals surface area contributed by atoms with Crippen molar-refractivity contribution in [2.75, 3.05) is 13.1 Å². The van der Waals surface area contributed by atoms with E-state index in [0.717, 1.165) is 13.0 Å². The molecule has 0 bridgehead atoms. The van der Waals surface area contributed by atoms with E-state index in [4.69, 9.17) is 11.6 Å². The van der Waals surface area contributed by atoms with Crippen LogP contribution >= 0.6 is 11.6 Å². The lowest BCUT2D eigenvalue weighted by Gasteiger charge is -2.54. The van der Waals surface area contributed by atoms with Crippen molar-refractivity contribution in [3.63, 3.8) is 0 Å². The van der Waals surface area contributed by atoms with Gasteiger partial charge in [-0.3, -0.25) is 4.90 Å². The summed E-state index contributed by atoms with van der Waals surface area (Å²) in [5.74, 6) is -1.95. The van der Waals surface area contributed by atoms with Crippen LogP contribution in [0.5, 0.6) is 0 Å². The quantitative estimate of drug-likeness (QED) is 0.511. The SMILES string of the molecule is CC(N1CC(C)(C(NS(=O)C(C)(C)C)c2ccc(F)c(Cl)c2F)C1)C(F)(F)F. The van der Waals surface area contributed by atoms with Gasteiger partial charge in [0.15, 0.2) is 0 Å². The maximum Gasteiger partial charge on any atom is 0.403 e. The zero-order valence-electron chi connectivity index (χ0n) is 16.3. The van der Waals surface area contributed by atoms with Crippen LogP contribution in [-0.4, -0.2) is 39.2 Å². The Hall–Kier alpha value is -0.770. The highest BCUT2D eigenvalue weighted by Crippen LogP contribution is 2.46. The third-order valence-electron chi connectivity index (χ3n) is 5.00. The summed E-state index contributed by atoms with van der Waals surface area (Å²) in [6, 6.07) is -0.388. The van der Waals surface area contributed by atoms with Crippen LogP contribution in [0.25, 0.3) is 0 Å². The predicted molar refractivity (Wildman–Crippen MR) is 100 cm³/mol. The van der Waals surface area contributed by atoms with E-state index in [1.54, 1.807) is 27.7 Å². The predicted octanol–water partition coefficient (Wildman–Crippen LogP) is 4.98. The average Bonchev–Trinajstić information content (AvgIpc) is 2.53. The van der Waals surface area contributed by atoms with Crippen molar-refractivity contribution in [2.24, 2.45) is 5.41 Å². The van der Waals surface area contributed by atoms with Gasteiger partial charge in [0, 0.05) is 24.1 Å². The fourth-order valence-electron chi connectivity index (χ4n) is 3.17. The molecule has 0 saturated carbocycles. The molecule has 1 aromatic rings. The van der Waals surface area contributed by atoms with Crippen LogP contribution in [0.1, 0.15) is 46.2 Å². The lowest BCUT2D eigenvalue weighted by atomic mass is 9.72. The summed E-state index contributed by atoms with van der Waals surface area (Å²) in [5.41, 5.74) is -0.881. The van der Waals surface area contributed by atoms with Crippen LogP contribution in [-0.2, 0) is 11.0 Å². The molecular weight excluding hydrogens is 423 g/mol. The van der Waals surface area contributed by atoms with Crippen LogP contribution in [0.2, 0.25) is 5.02 Å². The summed E-state index contributed by atoms with van der Waals surface area (Å²) < 4.78 is 82.1. The minimum atomic E-state index is -4.39. The molecule has 0 spiro atoms. The van der Waals surface area contributed by atoms with E-state index in [-0.39, 0.29) is 18.7 Å². The second-order valence-electron chi connectivity index (χ2n) is 8.47. The molecule has 10 heteroatoms. The van der Waals surface area contributed by atoms with Crippen molar-refractivity contribution < 1.29 is 26.2 Å². The number of halogens is 6. The minimum Gasteiger partial charge on any atom is -0.291 e. The van der Waals surface area contributed by atoms with Crippen LogP contribution in [0.4, 0.5) is 22.0 Å². The van der Waals surface area contributed by atoms with Gasteiger partial charge in [-0.2, -0.15) is 13.2 Å². The first-order chi connectivity index (χ1) is 12.6. The highest BCUT2D eigenvalue weighted by Gasteiger charge is 2.53. The van der Waals surface area contributed by atoms with E-state index < -0.39 is 56.1 Å². The van der Waals surface area contributed by atoms with E-state index in [1.165, 1.54) is 11.0 Å². The van der Waals surface area contributed by atoms with E-state index >= 15 is 0 Å². The van der Waals surface area contributed by atoms with Crippen molar-refractivity contribution in [2.45, 2.75) is 57.6 Å². The molecule has 0 radical (unpaired) electrons. The number of benzene rings is 1. The van der Waals surface area contributed by atoms with E-state index in [1.807, 2.05) is 0 Å². The molecule has 1 fully saturated rings.